The Hall–Kier alpha value is -3.66. The summed E-state index contributed by atoms with van der Waals surface area (Å²) < 4.78 is 6.25. The Kier molecular flexibility index (Phi) is 4.45. The van der Waals surface area contributed by atoms with Crippen LogP contribution in [-0.2, 0) is 4.84 Å². The highest BCUT2D eigenvalue weighted by atomic mass is 16.6. The topological polar surface area (TPSA) is 43.7 Å². The molecule has 4 heteroatoms. The van der Waals surface area contributed by atoms with Crippen LogP contribution in [0.4, 0.5) is 0 Å². The summed E-state index contributed by atoms with van der Waals surface area (Å²) in [5.74, 6) is 1.34. The van der Waals surface area contributed by atoms with Gasteiger partial charge < -0.3 is 9.57 Å². The molecule has 1 atom stereocenters. The number of rotatable bonds is 4. The van der Waals surface area contributed by atoms with Gasteiger partial charge in [0.1, 0.15) is 5.75 Å². The van der Waals surface area contributed by atoms with Crippen LogP contribution >= 0.6 is 0 Å². The molecule has 5 rings (SSSR count). The first-order valence-corrected chi connectivity index (χ1v) is 9.69. The maximum atomic E-state index is 6.25. The number of fused-ring (bicyclic) bond motifs is 1. The number of hydrogen-bond acceptors (Lipinski definition) is 4. The summed E-state index contributed by atoms with van der Waals surface area (Å²) in [6.45, 7) is 2.03. The Morgan fingerprint density at radius 2 is 1.66 bits per heavy atom. The molecule has 0 N–H and O–H groups in total. The SMILES string of the molecule is Cc1ccccc1Oc1nc2ccccc2cc1C1=NOC(c2ccccc2)C1. The van der Waals surface area contributed by atoms with Crippen LogP contribution in [0.1, 0.15) is 29.2 Å². The van der Waals surface area contributed by atoms with Gasteiger partial charge in [0, 0.05) is 11.8 Å². The van der Waals surface area contributed by atoms with Crippen LogP contribution in [0, 0.1) is 6.92 Å². The zero-order chi connectivity index (χ0) is 19.6. The second-order valence-corrected chi connectivity index (χ2v) is 7.15. The predicted octanol–water partition coefficient (Wildman–Crippen LogP) is 6.20. The van der Waals surface area contributed by atoms with Crippen molar-refractivity contribution in [3.8, 4) is 11.6 Å². The van der Waals surface area contributed by atoms with Gasteiger partial charge in [-0.25, -0.2) is 4.98 Å². The first-order valence-electron chi connectivity index (χ1n) is 9.69. The highest BCUT2D eigenvalue weighted by molar-refractivity contribution is 6.05. The second kappa shape index (κ2) is 7.40. The Labute approximate surface area is 169 Å². The summed E-state index contributed by atoms with van der Waals surface area (Å²) in [5, 5.41) is 5.44. The van der Waals surface area contributed by atoms with E-state index in [9.17, 15) is 0 Å². The maximum Gasteiger partial charge on any atom is 0.229 e. The van der Waals surface area contributed by atoms with Gasteiger partial charge in [0.2, 0.25) is 5.88 Å². The van der Waals surface area contributed by atoms with E-state index in [2.05, 4.69) is 29.4 Å². The van der Waals surface area contributed by atoms with E-state index in [-0.39, 0.29) is 6.10 Å². The van der Waals surface area contributed by atoms with Crippen LogP contribution in [0.15, 0.2) is 90.1 Å². The van der Waals surface area contributed by atoms with Crippen LogP contribution in [0.3, 0.4) is 0 Å². The predicted molar refractivity (Wildman–Crippen MR) is 114 cm³/mol. The molecule has 0 saturated carbocycles. The van der Waals surface area contributed by atoms with Crippen LogP contribution in [0.2, 0.25) is 0 Å². The molecule has 142 valence electrons. The molecular weight excluding hydrogens is 360 g/mol. The lowest BCUT2D eigenvalue weighted by Crippen LogP contribution is -2.05. The first-order chi connectivity index (χ1) is 14.3. The molecule has 4 aromatic rings. The highest BCUT2D eigenvalue weighted by Crippen LogP contribution is 2.35. The van der Waals surface area contributed by atoms with E-state index in [1.54, 1.807) is 0 Å². The standard InChI is InChI=1S/C25H20N2O2/c1-17-9-5-8-14-23(17)28-25-20(15-19-12-6-7-13-21(19)26-25)22-16-24(29-27-22)18-10-3-2-4-11-18/h2-15,24H,16H2,1H3. The minimum atomic E-state index is -0.0935. The minimum Gasteiger partial charge on any atom is -0.438 e. The van der Waals surface area contributed by atoms with Gasteiger partial charge in [-0.15, -0.1) is 0 Å². The lowest BCUT2D eigenvalue weighted by atomic mass is 10.00. The number of ether oxygens (including phenoxy) is 1. The van der Waals surface area contributed by atoms with E-state index in [4.69, 9.17) is 14.6 Å². The maximum absolute atomic E-state index is 6.25. The van der Waals surface area contributed by atoms with Crippen LogP contribution in [-0.4, -0.2) is 10.7 Å². The Balaban J connectivity index is 1.54. The fourth-order valence-electron chi connectivity index (χ4n) is 3.54. The number of para-hydroxylation sites is 2. The molecule has 1 unspecified atom stereocenters. The van der Waals surface area contributed by atoms with Crippen LogP contribution < -0.4 is 4.74 Å². The highest BCUT2D eigenvalue weighted by Gasteiger charge is 2.27. The van der Waals surface area contributed by atoms with Crippen molar-refractivity contribution in [3.05, 3.63) is 102 Å². The molecule has 1 aliphatic rings. The van der Waals surface area contributed by atoms with E-state index in [0.717, 1.165) is 39.1 Å². The second-order valence-electron chi connectivity index (χ2n) is 7.15. The van der Waals surface area contributed by atoms with E-state index in [0.29, 0.717) is 12.3 Å². The van der Waals surface area contributed by atoms with Gasteiger partial charge >= 0.3 is 0 Å². The minimum absolute atomic E-state index is 0.0935. The normalized spacial score (nSPS) is 15.8. The lowest BCUT2D eigenvalue weighted by molar-refractivity contribution is 0.0857. The Morgan fingerprint density at radius 1 is 0.897 bits per heavy atom. The number of hydrogen-bond donors (Lipinski definition) is 0. The monoisotopic (exact) mass is 380 g/mol. The van der Waals surface area contributed by atoms with Gasteiger partial charge in [-0.2, -0.15) is 0 Å². The summed E-state index contributed by atoms with van der Waals surface area (Å²) in [7, 11) is 0. The summed E-state index contributed by atoms with van der Waals surface area (Å²) in [6.07, 6.45) is 0.581. The number of pyridine rings is 1. The number of aryl methyl sites for hydroxylation is 1. The lowest BCUT2D eigenvalue weighted by Gasteiger charge is -2.13. The molecule has 3 aromatic carbocycles. The molecule has 2 heterocycles. The summed E-state index contributed by atoms with van der Waals surface area (Å²) in [4.78, 5) is 10.5. The van der Waals surface area contributed by atoms with Gasteiger partial charge in [-0.1, -0.05) is 71.9 Å². The molecule has 1 aromatic heterocycles. The van der Waals surface area contributed by atoms with E-state index < -0.39 is 0 Å². The van der Waals surface area contributed by atoms with Gasteiger partial charge in [0.15, 0.2) is 6.10 Å². The third-order valence-electron chi connectivity index (χ3n) is 5.14. The zero-order valence-corrected chi connectivity index (χ0v) is 16.1. The van der Waals surface area contributed by atoms with E-state index in [1.165, 1.54) is 0 Å². The van der Waals surface area contributed by atoms with Crippen LogP contribution in [0.25, 0.3) is 10.9 Å². The van der Waals surface area contributed by atoms with Gasteiger partial charge in [-0.3, -0.25) is 0 Å². The Morgan fingerprint density at radius 3 is 2.52 bits per heavy atom. The van der Waals surface area contributed by atoms with E-state index >= 15 is 0 Å². The van der Waals surface area contributed by atoms with Crippen molar-refractivity contribution < 1.29 is 9.57 Å². The van der Waals surface area contributed by atoms with Crippen molar-refractivity contribution in [1.29, 1.82) is 0 Å². The molecule has 1 aliphatic heterocycles. The van der Waals surface area contributed by atoms with Crippen molar-refractivity contribution >= 4 is 16.6 Å². The van der Waals surface area contributed by atoms with Gasteiger partial charge in [0.25, 0.3) is 0 Å². The quantitative estimate of drug-likeness (QED) is 0.423. The van der Waals surface area contributed by atoms with Gasteiger partial charge in [0.05, 0.1) is 16.8 Å². The van der Waals surface area contributed by atoms with E-state index in [1.807, 2.05) is 67.6 Å². The molecule has 0 amide bonds. The smallest absolute Gasteiger partial charge is 0.229 e. The number of nitrogens with zero attached hydrogens (tertiary/aromatic N) is 2. The largest absolute Gasteiger partial charge is 0.438 e. The third kappa shape index (κ3) is 3.45. The molecule has 29 heavy (non-hydrogen) atoms. The summed E-state index contributed by atoms with van der Waals surface area (Å²) >= 11 is 0. The molecule has 4 nitrogen and oxygen atoms in total. The van der Waals surface area contributed by atoms with Crippen molar-refractivity contribution in [2.75, 3.05) is 0 Å². The average molecular weight is 380 g/mol. The van der Waals surface area contributed by atoms with Crippen LogP contribution in [0.5, 0.6) is 11.6 Å². The number of aromatic nitrogens is 1. The molecule has 0 aliphatic carbocycles. The van der Waals surface area contributed by atoms with Crippen molar-refractivity contribution in [2.24, 2.45) is 5.16 Å². The molecule has 0 fully saturated rings. The Bertz CT molecular complexity index is 1200. The van der Waals surface area contributed by atoms with Crippen molar-refractivity contribution in [1.82, 2.24) is 4.98 Å². The summed E-state index contributed by atoms with van der Waals surface area (Å²) in [6, 6.07) is 28.2. The molecule has 0 spiro atoms. The number of oxime groups is 1. The zero-order valence-electron chi connectivity index (χ0n) is 16.1. The first kappa shape index (κ1) is 17.4. The van der Waals surface area contributed by atoms with Crippen molar-refractivity contribution in [3.63, 3.8) is 0 Å². The number of benzene rings is 3. The fourth-order valence-corrected chi connectivity index (χ4v) is 3.54. The molecular formula is C25H20N2O2. The molecule has 0 bridgehead atoms. The molecule has 0 saturated heterocycles. The average Bonchev–Trinajstić information content (AvgIpc) is 3.26. The molecule has 0 radical (unpaired) electrons. The fraction of sp³-hybridized carbons (Fsp3) is 0.120. The summed E-state index contributed by atoms with van der Waals surface area (Å²) in [5.41, 5.74) is 4.77. The van der Waals surface area contributed by atoms with Gasteiger partial charge in [-0.05, 0) is 36.2 Å². The third-order valence-corrected chi connectivity index (χ3v) is 5.14. The van der Waals surface area contributed by atoms with Crippen molar-refractivity contribution in [2.45, 2.75) is 19.4 Å².